The topological polar surface area (TPSA) is 94.2 Å². The third kappa shape index (κ3) is 5.78. The lowest BCUT2D eigenvalue weighted by Gasteiger charge is -2.18. The Morgan fingerprint density at radius 2 is 2.00 bits per heavy atom. The number of nitrogens with zero attached hydrogens (tertiary/aromatic N) is 1. The molecule has 0 saturated carbocycles. The van der Waals surface area contributed by atoms with Crippen LogP contribution in [0.1, 0.15) is 25.3 Å². The second-order valence-corrected chi connectivity index (χ2v) is 8.86. The average molecular weight is 511 g/mol. The third-order valence-corrected chi connectivity index (χ3v) is 6.20. The zero-order chi connectivity index (χ0) is 25.7. The maximum atomic E-state index is 13.4. The van der Waals surface area contributed by atoms with Crippen LogP contribution in [0.5, 0.6) is 5.75 Å². The highest BCUT2D eigenvalue weighted by Gasteiger charge is 2.38. The molecular weight excluding hydrogens is 484 g/mol. The van der Waals surface area contributed by atoms with Crippen LogP contribution in [0.15, 0.2) is 65.4 Å². The fourth-order valence-electron chi connectivity index (χ4n) is 4.17. The molecule has 1 fully saturated rings. The van der Waals surface area contributed by atoms with Crippen molar-refractivity contribution in [1.82, 2.24) is 5.32 Å². The summed E-state index contributed by atoms with van der Waals surface area (Å²) in [5.74, 6) is -0.690. The van der Waals surface area contributed by atoms with Crippen molar-refractivity contribution >= 4 is 41.1 Å². The number of nitrogens with one attached hydrogen (secondary N) is 1. The molecule has 2 aliphatic heterocycles. The zero-order valence-corrected chi connectivity index (χ0v) is 20.8. The summed E-state index contributed by atoms with van der Waals surface area (Å²) < 4.78 is 16.0. The minimum absolute atomic E-state index is 0.0712. The summed E-state index contributed by atoms with van der Waals surface area (Å²) in [6, 6.07) is 13.7. The molecule has 1 N–H and O–H groups in total. The van der Waals surface area contributed by atoms with Gasteiger partial charge < -0.3 is 19.5 Å². The van der Waals surface area contributed by atoms with Gasteiger partial charge in [-0.15, -0.1) is 0 Å². The van der Waals surface area contributed by atoms with Crippen molar-refractivity contribution < 1.29 is 28.6 Å². The number of halogens is 1. The minimum Gasteiger partial charge on any atom is -0.484 e. The Hall–Kier alpha value is -3.62. The Kier molecular flexibility index (Phi) is 8.07. The van der Waals surface area contributed by atoms with Gasteiger partial charge in [-0.25, -0.2) is 4.79 Å². The van der Waals surface area contributed by atoms with Crippen LogP contribution < -0.4 is 15.0 Å². The molecule has 1 atom stereocenters. The van der Waals surface area contributed by atoms with E-state index in [1.54, 1.807) is 61.5 Å². The summed E-state index contributed by atoms with van der Waals surface area (Å²) in [7, 11) is 1.27. The van der Waals surface area contributed by atoms with E-state index in [2.05, 4.69) is 5.32 Å². The number of carbonyl (C=O) groups excluding carboxylic acids is 3. The molecule has 0 spiro atoms. The number of esters is 1. The molecule has 2 heterocycles. The van der Waals surface area contributed by atoms with Crippen molar-refractivity contribution in [1.29, 1.82) is 0 Å². The Labute approximate surface area is 214 Å². The highest BCUT2D eigenvalue weighted by atomic mass is 35.5. The Balaban J connectivity index is 1.47. The van der Waals surface area contributed by atoms with Crippen LogP contribution in [0.3, 0.4) is 0 Å². The molecule has 0 aliphatic carbocycles. The molecule has 2 aromatic rings. The number of anilines is 1. The molecule has 36 heavy (non-hydrogen) atoms. The van der Waals surface area contributed by atoms with E-state index in [1.807, 2.05) is 0 Å². The van der Waals surface area contributed by atoms with E-state index in [0.29, 0.717) is 34.3 Å². The maximum Gasteiger partial charge on any atom is 0.340 e. The normalized spacial score (nSPS) is 18.6. The number of allylic oxidation sites excluding steroid dienone is 1. The van der Waals surface area contributed by atoms with Gasteiger partial charge in [-0.3, -0.25) is 14.5 Å². The molecule has 0 bridgehead atoms. The average Bonchev–Trinajstić information content (AvgIpc) is 3.48. The quantitative estimate of drug-likeness (QED) is 0.428. The summed E-state index contributed by atoms with van der Waals surface area (Å²) in [6.07, 6.45) is 3.66. The molecule has 9 heteroatoms. The molecule has 0 unspecified atom stereocenters. The van der Waals surface area contributed by atoms with Gasteiger partial charge in [0.1, 0.15) is 5.75 Å². The second-order valence-electron chi connectivity index (χ2n) is 8.43. The van der Waals surface area contributed by atoms with Crippen LogP contribution in [0.4, 0.5) is 5.69 Å². The number of hydrogen-bond donors (Lipinski definition) is 1. The second kappa shape index (κ2) is 11.4. The fourth-order valence-corrected chi connectivity index (χ4v) is 4.35. The van der Waals surface area contributed by atoms with Gasteiger partial charge in [-0.05, 0) is 61.7 Å². The number of amides is 2. The zero-order valence-electron chi connectivity index (χ0n) is 20.1. The number of carbonyl (C=O) groups is 3. The number of methoxy groups -OCH3 is 1. The van der Waals surface area contributed by atoms with Crippen LogP contribution in [0.25, 0.3) is 6.08 Å². The van der Waals surface area contributed by atoms with E-state index in [-0.39, 0.29) is 35.7 Å². The highest BCUT2D eigenvalue weighted by Crippen LogP contribution is 2.36. The van der Waals surface area contributed by atoms with Gasteiger partial charge in [-0.2, -0.15) is 0 Å². The number of benzene rings is 2. The first-order chi connectivity index (χ1) is 17.4. The van der Waals surface area contributed by atoms with Crippen molar-refractivity contribution in [2.75, 3.05) is 31.8 Å². The van der Waals surface area contributed by atoms with E-state index < -0.39 is 5.97 Å². The van der Waals surface area contributed by atoms with Crippen LogP contribution >= 0.6 is 11.6 Å². The Morgan fingerprint density at radius 1 is 1.22 bits per heavy atom. The van der Waals surface area contributed by atoms with Gasteiger partial charge in [0.2, 0.25) is 0 Å². The van der Waals surface area contributed by atoms with Crippen molar-refractivity contribution in [3.05, 3.63) is 76.0 Å². The predicted molar refractivity (Wildman–Crippen MR) is 136 cm³/mol. The third-order valence-electron chi connectivity index (χ3n) is 5.97. The maximum absolute atomic E-state index is 13.4. The lowest BCUT2D eigenvalue weighted by atomic mass is 10.0. The first-order valence-corrected chi connectivity index (χ1v) is 12.0. The smallest absolute Gasteiger partial charge is 0.340 e. The molecule has 2 aliphatic rings. The van der Waals surface area contributed by atoms with Gasteiger partial charge >= 0.3 is 5.97 Å². The van der Waals surface area contributed by atoms with Crippen molar-refractivity contribution in [2.45, 2.75) is 25.9 Å². The molecule has 0 radical (unpaired) electrons. The molecule has 8 nitrogen and oxygen atoms in total. The summed E-state index contributed by atoms with van der Waals surface area (Å²) >= 11 is 6.12. The lowest BCUT2D eigenvalue weighted by molar-refractivity contribution is -0.136. The summed E-state index contributed by atoms with van der Waals surface area (Å²) in [5.41, 5.74) is 2.08. The van der Waals surface area contributed by atoms with Crippen LogP contribution in [0, 0.1) is 0 Å². The fraction of sp³-hybridized carbons (Fsp3) is 0.296. The lowest BCUT2D eigenvalue weighted by Crippen LogP contribution is -2.35. The first-order valence-electron chi connectivity index (χ1n) is 11.6. The predicted octanol–water partition coefficient (Wildman–Crippen LogP) is 3.89. The van der Waals surface area contributed by atoms with Gasteiger partial charge in [0, 0.05) is 23.9 Å². The van der Waals surface area contributed by atoms with Crippen LogP contribution in [-0.2, 0) is 23.9 Å². The summed E-state index contributed by atoms with van der Waals surface area (Å²) in [5, 5.41) is 3.28. The van der Waals surface area contributed by atoms with Crippen molar-refractivity contribution in [3.8, 4) is 5.75 Å². The summed E-state index contributed by atoms with van der Waals surface area (Å²) in [6.45, 7) is 2.78. The van der Waals surface area contributed by atoms with E-state index in [4.69, 9.17) is 25.8 Å². The van der Waals surface area contributed by atoms with E-state index in [9.17, 15) is 14.4 Å². The minimum atomic E-state index is -0.606. The number of ether oxygens (including phenoxy) is 3. The van der Waals surface area contributed by atoms with Gasteiger partial charge in [0.25, 0.3) is 11.8 Å². The molecular formula is C27H27ClN2O6. The molecule has 1 saturated heterocycles. The van der Waals surface area contributed by atoms with E-state index >= 15 is 0 Å². The molecule has 0 aromatic heterocycles. The first kappa shape index (κ1) is 25.5. The highest BCUT2D eigenvalue weighted by molar-refractivity contribution is 6.31. The monoisotopic (exact) mass is 510 g/mol. The number of hydrogen-bond acceptors (Lipinski definition) is 6. The van der Waals surface area contributed by atoms with E-state index in [1.165, 1.54) is 12.0 Å². The van der Waals surface area contributed by atoms with Crippen molar-refractivity contribution in [2.24, 2.45) is 0 Å². The van der Waals surface area contributed by atoms with Crippen LogP contribution in [0.2, 0.25) is 5.02 Å². The summed E-state index contributed by atoms with van der Waals surface area (Å²) in [4.78, 5) is 39.4. The van der Waals surface area contributed by atoms with Crippen molar-refractivity contribution in [3.63, 3.8) is 0 Å². The van der Waals surface area contributed by atoms with Gasteiger partial charge in [0.05, 0.1) is 30.0 Å². The molecule has 188 valence electrons. The molecule has 2 amide bonds. The van der Waals surface area contributed by atoms with Gasteiger partial charge in [-0.1, -0.05) is 29.8 Å². The van der Waals surface area contributed by atoms with Crippen LogP contribution in [-0.4, -0.2) is 50.8 Å². The standard InChI is InChI=1S/C27H27ClN2O6/c1-17-25(27(33)34-2)23(26(32)30(17)20-6-3-5-19(28)14-20)13-18-8-10-21(11-9-18)36-16-24(31)29-15-22-7-4-12-35-22/h3,5-6,8-11,13-14,22H,4,7,12,15-16H2,1-2H3,(H,29,31)/b23-13-/t22-/m1/s1. The van der Waals surface area contributed by atoms with E-state index in [0.717, 1.165) is 19.4 Å². The molecule has 2 aromatic carbocycles. The Morgan fingerprint density at radius 3 is 2.67 bits per heavy atom. The largest absolute Gasteiger partial charge is 0.484 e. The Bertz CT molecular complexity index is 1220. The molecule has 4 rings (SSSR count). The van der Waals surface area contributed by atoms with Gasteiger partial charge in [0.15, 0.2) is 6.61 Å². The number of rotatable bonds is 8. The SMILES string of the molecule is COC(=O)C1=C(C)N(c2cccc(Cl)c2)C(=O)/C1=C\c1ccc(OCC(=O)NC[C@H]2CCCO2)cc1.